The third kappa shape index (κ3) is 8.97. The number of amides is 1. The van der Waals surface area contributed by atoms with Gasteiger partial charge in [0.05, 0.1) is 5.54 Å². The maximum Gasteiger partial charge on any atom is 0.573 e. The predicted molar refractivity (Wildman–Crippen MR) is 90.7 cm³/mol. The van der Waals surface area contributed by atoms with Crippen LogP contribution < -0.4 is 15.4 Å². The summed E-state index contributed by atoms with van der Waals surface area (Å²) in [5, 5.41) is 5.75. The van der Waals surface area contributed by atoms with E-state index in [9.17, 15) is 18.0 Å². The van der Waals surface area contributed by atoms with E-state index in [-0.39, 0.29) is 16.9 Å². The molecule has 0 atom stereocenters. The van der Waals surface area contributed by atoms with Gasteiger partial charge in [-0.3, -0.25) is 10.1 Å². The molecule has 1 aromatic carbocycles. The number of hydrogen-bond acceptors (Lipinski definition) is 3. The molecule has 0 radical (unpaired) electrons. The van der Waals surface area contributed by atoms with Crippen LogP contribution in [0.3, 0.4) is 0 Å². The van der Waals surface area contributed by atoms with Gasteiger partial charge in [0.1, 0.15) is 5.75 Å². The first-order valence-corrected chi connectivity index (χ1v) is 7.70. The van der Waals surface area contributed by atoms with Gasteiger partial charge in [-0.2, -0.15) is 0 Å². The van der Waals surface area contributed by atoms with Crippen molar-refractivity contribution < 1.29 is 22.7 Å². The summed E-state index contributed by atoms with van der Waals surface area (Å²) in [4.78, 5) is 16.8. The van der Waals surface area contributed by atoms with Crippen molar-refractivity contribution in [2.24, 2.45) is 4.99 Å². The number of guanidine groups is 1. The fourth-order valence-corrected chi connectivity index (χ4v) is 1.77. The van der Waals surface area contributed by atoms with Crippen LogP contribution in [0.15, 0.2) is 29.3 Å². The van der Waals surface area contributed by atoms with Gasteiger partial charge in [0.2, 0.25) is 0 Å². The van der Waals surface area contributed by atoms with Gasteiger partial charge in [0.25, 0.3) is 5.91 Å². The summed E-state index contributed by atoms with van der Waals surface area (Å²) in [6.45, 7) is 11.4. The van der Waals surface area contributed by atoms with Crippen LogP contribution in [0, 0.1) is 0 Å². The number of hydrogen-bond donors (Lipinski definition) is 2. The van der Waals surface area contributed by atoms with E-state index >= 15 is 0 Å². The second-order valence-electron chi connectivity index (χ2n) is 7.53. The lowest BCUT2D eigenvalue weighted by Gasteiger charge is -2.26. The lowest BCUT2D eigenvalue weighted by atomic mass is 10.1. The highest BCUT2D eigenvalue weighted by molar-refractivity contribution is 6.06. The van der Waals surface area contributed by atoms with Crippen molar-refractivity contribution in [3.8, 4) is 5.75 Å². The number of alkyl halides is 3. The zero-order valence-corrected chi connectivity index (χ0v) is 15.2. The molecule has 0 saturated carbocycles. The van der Waals surface area contributed by atoms with E-state index in [0.717, 1.165) is 12.1 Å². The number of benzene rings is 1. The summed E-state index contributed by atoms with van der Waals surface area (Å²) in [5.41, 5.74) is -0.570. The summed E-state index contributed by atoms with van der Waals surface area (Å²) < 4.78 is 40.3. The van der Waals surface area contributed by atoms with Gasteiger partial charge in [-0.25, -0.2) is 4.99 Å². The molecular weight excluding hydrogens is 335 g/mol. The topological polar surface area (TPSA) is 62.7 Å². The van der Waals surface area contributed by atoms with Crippen molar-refractivity contribution in [2.45, 2.75) is 59.0 Å². The molecule has 5 nitrogen and oxygen atoms in total. The molecule has 0 aliphatic carbocycles. The molecule has 140 valence electrons. The average Bonchev–Trinajstić information content (AvgIpc) is 2.33. The van der Waals surface area contributed by atoms with Gasteiger partial charge in [0.15, 0.2) is 5.96 Å². The second-order valence-corrected chi connectivity index (χ2v) is 7.53. The minimum atomic E-state index is -4.77. The molecule has 0 heterocycles. The van der Waals surface area contributed by atoms with Crippen molar-refractivity contribution >= 4 is 11.9 Å². The Morgan fingerprint density at radius 1 is 1.00 bits per heavy atom. The first-order valence-electron chi connectivity index (χ1n) is 7.70. The van der Waals surface area contributed by atoms with Crippen molar-refractivity contribution in [2.75, 3.05) is 0 Å². The smallest absolute Gasteiger partial charge is 0.406 e. The SMILES string of the molecule is CC(C)(C)N=C(NC(=O)c1ccc(OC(F)(F)F)cc1)NC(C)(C)C. The van der Waals surface area contributed by atoms with Crippen molar-refractivity contribution in [3.05, 3.63) is 29.8 Å². The Labute approximate surface area is 145 Å². The molecule has 0 aliphatic heterocycles. The highest BCUT2D eigenvalue weighted by Crippen LogP contribution is 2.22. The monoisotopic (exact) mass is 359 g/mol. The molecule has 2 N–H and O–H groups in total. The molecule has 1 aromatic rings. The normalized spacial score (nSPS) is 13.4. The maximum absolute atomic E-state index is 12.3. The van der Waals surface area contributed by atoms with E-state index in [0.29, 0.717) is 5.96 Å². The fraction of sp³-hybridized carbons (Fsp3) is 0.529. The molecule has 0 fully saturated rings. The van der Waals surface area contributed by atoms with E-state index < -0.39 is 17.8 Å². The second kappa shape index (κ2) is 7.33. The van der Waals surface area contributed by atoms with Crippen molar-refractivity contribution in [1.29, 1.82) is 0 Å². The Morgan fingerprint density at radius 2 is 1.52 bits per heavy atom. The zero-order valence-electron chi connectivity index (χ0n) is 15.2. The highest BCUT2D eigenvalue weighted by atomic mass is 19.4. The van der Waals surface area contributed by atoms with Crippen LogP contribution >= 0.6 is 0 Å². The number of halogens is 3. The zero-order chi connectivity index (χ0) is 19.5. The van der Waals surface area contributed by atoms with Crippen LogP contribution in [0.5, 0.6) is 5.75 Å². The molecule has 0 aromatic heterocycles. The first-order chi connectivity index (χ1) is 11.1. The summed E-state index contributed by atoms with van der Waals surface area (Å²) in [7, 11) is 0. The molecule has 0 spiro atoms. The number of aliphatic imine (C=N–C) groups is 1. The van der Waals surface area contributed by atoms with Crippen LogP contribution in [-0.2, 0) is 0 Å². The van der Waals surface area contributed by atoms with Crippen molar-refractivity contribution in [3.63, 3.8) is 0 Å². The van der Waals surface area contributed by atoms with Crippen LogP contribution in [-0.4, -0.2) is 29.3 Å². The molecule has 8 heteroatoms. The predicted octanol–water partition coefficient (Wildman–Crippen LogP) is 3.86. The van der Waals surface area contributed by atoms with Gasteiger partial charge < -0.3 is 10.1 Å². The van der Waals surface area contributed by atoms with E-state index in [1.54, 1.807) is 0 Å². The largest absolute Gasteiger partial charge is 0.573 e. The fourth-order valence-electron chi connectivity index (χ4n) is 1.77. The Hall–Kier alpha value is -2.25. The molecule has 0 aliphatic rings. The third-order valence-corrected chi connectivity index (χ3v) is 2.52. The lowest BCUT2D eigenvalue weighted by Crippen LogP contribution is -2.50. The maximum atomic E-state index is 12.3. The Balaban J connectivity index is 2.91. The standard InChI is InChI=1S/C17H24F3N3O2/c1-15(2,3)22-14(23-16(4,5)6)21-13(24)11-7-9-12(10-8-11)25-17(18,19)20/h7-10H,1-6H3,(H2,21,22,23,24). The van der Waals surface area contributed by atoms with Gasteiger partial charge in [-0.1, -0.05) is 0 Å². The van der Waals surface area contributed by atoms with Crippen LogP contribution in [0.1, 0.15) is 51.9 Å². The summed E-state index contributed by atoms with van der Waals surface area (Å²) in [5.74, 6) is -0.584. The highest BCUT2D eigenvalue weighted by Gasteiger charge is 2.31. The molecule has 0 unspecified atom stereocenters. The molecule has 0 saturated heterocycles. The number of ether oxygens (including phenoxy) is 1. The number of carbonyl (C=O) groups excluding carboxylic acids is 1. The number of nitrogens with one attached hydrogen (secondary N) is 2. The molecule has 0 bridgehead atoms. The lowest BCUT2D eigenvalue weighted by molar-refractivity contribution is -0.274. The molecule has 25 heavy (non-hydrogen) atoms. The Morgan fingerprint density at radius 3 is 1.92 bits per heavy atom. The van der Waals surface area contributed by atoms with Crippen LogP contribution in [0.25, 0.3) is 0 Å². The first kappa shape index (κ1) is 20.8. The number of carbonyl (C=O) groups is 1. The van der Waals surface area contributed by atoms with Gasteiger partial charge in [-0.05, 0) is 65.8 Å². The Kier molecular flexibility index (Phi) is 6.09. The molecule has 1 amide bonds. The van der Waals surface area contributed by atoms with Gasteiger partial charge >= 0.3 is 6.36 Å². The van der Waals surface area contributed by atoms with Gasteiger partial charge in [0, 0.05) is 11.1 Å². The molecular formula is C17H24F3N3O2. The average molecular weight is 359 g/mol. The summed E-state index contributed by atoms with van der Waals surface area (Å²) >= 11 is 0. The summed E-state index contributed by atoms with van der Waals surface area (Å²) in [6.07, 6.45) is -4.77. The van der Waals surface area contributed by atoms with Crippen LogP contribution in [0.2, 0.25) is 0 Å². The quantitative estimate of drug-likeness (QED) is 0.623. The third-order valence-electron chi connectivity index (χ3n) is 2.52. The van der Waals surface area contributed by atoms with E-state index in [1.807, 2.05) is 41.5 Å². The summed E-state index contributed by atoms with van der Waals surface area (Å²) in [6, 6.07) is 4.67. The number of nitrogens with zero attached hydrogens (tertiary/aromatic N) is 1. The van der Waals surface area contributed by atoms with E-state index in [2.05, 4.69) is 20.4 Å². The Bertz CT molecular complexity index is 625. The molecule has 1 rings (SSSR count). The van der Waals surface area contributed by atoms with Crippen molar-refractivity contribution in [1.82, 2.24) is 10.6 Å². The minimum absolute atomic E-state index is 0.187. The van der Waals surface area contributed by atoms with E-state index in [1.165, 1.54) is 12.1 Å². The van der Waals surface area contributed by atoms with E-state index in [4.69, 9.17) is 0 Å². The van der Waals surface area contributed by atoms with Gasteiger partial charge in [-0.15, -0.1) is 13.2 Å². The van der Waals surface area contributed by atoms with Crippen LogP contribution in [0.4, 0.5) is 13.2 Å². The minimum Gasteiger partial charge on any atom is -0.406 e. The number of rotatable bonds is 2.